The molecule has 0 spiro atoms. The maximum atomic E-state index is 11.3. The SMILES string of the molecule is CCCCCCc1cc(C(=CC=C=[N+]=[N-])c2cc(CC(O)C(O)C(O)CO)c(CC(O)C(O)C(O)CO)c(CC(O)C(O)C(O)CO)c2)cc(CCCCCC)c1CCCCCC.[CH2-]Cc1ccccc1.[CH2-]Cc1ccccc1.[Ni+2]. The molecule has 4 aromatic carbocycles. The van der Waals surface area contributed by atoms with Crippen LogP contribution in [0.15, 0.2) is 97.1 Å². The molecule has 80 heavy (non-hydrogen) atoms. The molecule has 0 bridgehead atoms. The first kappa shape index (κ1) is 73.8. The summed E-state index contributed by atoms with van der Waals surface area (Å²) in [6, 6.07) is 28.1. The van der Waals surface area contributed by atoms with Crippen LogP contribution in [-0.4, -0.2) is 147 Å². The molecular formula is C65H96N2NiO12. The summed E-state index contributed by atoms with van der Waals surface area (Å²) in [4.78, 5) is 3.05. The van der Waals surface area contributed by atoms with Crippen molar-refractivity contribution in [1.82, 2.24) is 0 Å². The third-order valence-corrected chi connectivity index (χ3v) is 14.2. The van der Waals surface area contributed by atoms with Crippen molar-refractivity contribution in [2.75, 3.05) is 19.8 Å². The van der Waals surface area contributed by atoms with Gasteiger partial charge in [0.1, 0.15) is 36.6 Å². The topological polar surface area (TPSA) is 279 Å². The monoisotopic (exact) mass is 1150 g/mol. The molecule has 0 radical (unpaired) electrons. The first-order valence-electron chi connectivity index (χ1n) is 28.6. The van der Waals surface area contributed by atoms with E-state index in [1.165, 1.54) is 33.9 Å². The quantitative estimate of drug-likeness (QED) is 0.00426. The Hall–Kier alpha value is -4.21. The summed E-state index contributed by atoms with van der Waals surface area (Å²) >= 11 is 0. The third-order valence-electron chi connectivity index (χ3n) is 14.2. The van der Waals surface area contributed by atoms with Gasteiger partial charge in [0.25, 0.3) is 5.87 Å². The van der Waals surface area contributed by atoms with Crippen LogP contribution in [-0.2, 0) is 67.9 Å². The molecule has 4 aromatic rings. The molecule has 12 N–H and O–H groups in total. The number of aliphatic hydroxyl groups is 12. The van der Waals surface area contributed by atoms with Crippen molar-refractivity contribution in [3.8, 4) is 0 Å². The Morgan fingerprint density at radius 3 is 1.15 bits per heavy atom. The molecule has 448 valence electrons. The van der Waals surface area contributed by atoms with E-state index in [4.69, 9.17) is 0 Å². The van der Waals surface area contributed by atoms with Crippen LogP contribution < -0.4 is 0 Å². The molecule has 0 aromatic heterocycles. The molecule has 0 heterocycles. The molecule has 4 rings (SSSR count). The van der Waals surface area contributed by atoms with Crippen molar-refractivity contribution in [2.45, 2.75) is 204 Å². The Kier molecular flexibility index (Phi) is 40.1. The summed E-state index contributed by atoms with van der Waals surface area (Å²) in [6.45, 7) is 11.5. The summed E-state index contributed by atoms with van der Waals surface area (Å²) in [5.41, 5.74) is 18.3. The Bertz CT molecular complexity index is 2240. The Labute approximate surface area is 487 Å². The van der Waals surface area contributed by atoms with E-state index in [0.29, 0.717) is 11.1 Å². The Morgan fingerprint density at radius 1 is 0.475 bits per heavy atom. The van der Waals surface area contributed by atoms with Gasteiger partial charge in [-0.05, 0) is 94.7 Å². The van der Waals surface area contributed by atoms with Gasteiger partial charge in [0.15, 0.2) is 0 Å². The smallest absolute Gasteiger partial charge is 0.394 e. The van der Waals surface area contributed by atoms with Gasteiger partial charge >= 0.3 is 16.5 Å². The van der Waals surface area contributed by atoms with Gasteiger partial charge in [-0.25, -0.2) is 0 Å². The number of rotatable bonds is 35. The van der Waals surface area contributed by atoms with E-state index in [2.05, 4.69) is 81.7 Å². The van der Waals surface area contributed by atoms with Crippen molar-refractivity contribution >= 4 is 11.4 Å². The van der Waals surface area contributed by atoms with Crippen LogP contribution in [0.1, 0.15) is 153 Å². The number of hydrogen-bond donors (Lipinski definition) is 12. The number of aliphatic hydroxyl groups excluding tert-OH is 12. The van der Waals surface area contributed by atoms with E-state index >= 15 is 0 Å². The van der Waals surface area contributed by atoms with Crippen LogP contribution in [0.3, 0.4) is 0 Å². The fraction of sp³-hybridized carbons (Fsp3) is 0.538. The van der Waals surface area contributed by atoms with Crippen LogP contribution in [0.25, 0.3) is 11.1 Å². The molecule has 0 saturated carbocycles. The third kappa shape index (κ3) is 26.8. The van der Waals surface area contributed by atoms with Crippen LogP contribution in [0.5, 0.6) is 0 Å². The maximum Gasteiger partial charge on any atom is 2.00 e. The molecule has 0 amide bonds. The minimum Gasteiger partial charge on any atom is -0.394 e. The number of benzene rings is 4. The Balaban J connectivity index is 0.00000159. The number of allylic oxidation sites excluding steroid dienone is 2. The minimum absolute atomic E-state index is 0. The molecule has 0 aliphatic heterocycles. The van der Waals surface area contributed by atoms with Crippen molar-refractivity contribution in [3.05, 3.63) is 172 Å². The molecule has 9 unspecified atom stereocenters. The zero-order valence-corrected chi connectivity index (χ0v) is 48.7. The fourth-order valence-corrected chi connectivity index (χ4v) is 9.43. The van der Waals surface area contributed by atoms with Crippen LogP contribution in [0.4, 0.5) is 0 Å². The van der Waals surface area contributed by atoms with Gasteiger partial charge in [-0.15, -0.1) is 4.79 Å². The number of hydrogen-bond acceptors (Lipinski definition) is 12. The Morgan fingerprint density at radius 2 is 0.825 bits per heavy atom. The zero-order valence-electron chi connectivity index (χ0n) is 47.7. The molecule has 0 aliphatic rings. The van der Waals surface area contributed by atoms with Gasteiger partial charge in [0, 0.05) is 19.3 Å². The fourth-order valence-electron chi connectivity index (χ4n) is 9.43. The van der Waals surface area contributed by atoms with E-state index < -0.39 is 94.0 Å². The molecule has 0 aliphatic carbocycles. The van der Waals surface area contributed by atoms with Crippen LogP contribution in [0, 0.1) is 13.8 Å². The van der Waals surface area contributed by atoms with Gasteiger partial charge in [-0.1, -0.05) is 175 Å². The van der Waals surface area contributed by atoms with Gasteiger partial charge in [0.05, 0.1) is 44.2 Å². The van der Waals surface area contributed by atoms with Crippen molar-refractivity contribution in [3.63, 3.8) is 0 Å². The summed E-state index contributed by atoms with van der Waals surface area (Å²) in [6.07, 6.45) is 3.46. The van der Waals surface area contributed by atoms with Crippen LogP contribution in [0.2, 0.25) is 0 Å². The largest absolute Gasteiger partial charge is 2.00 e. The van der Waals surface area contributed by atoms with E-state index in [1.54, 1.807) is 18.2 Å². The first-order valence-corrected chi connectivity index (χ1v) is 28.6. The summed E-state index contributed by atoms with van der Waals surface area (Å²) in [7, 11) is 0. The number of aryl methyl sites for hydroxylation is 2. The average molecular weight is 1160 g/mol. The standard InChI is InChI=1S/C49H78N2O12.2C8H9.Ni/c1-4-7-10-13-17-32-22-34(23-33(18-14-11-8-5-2)38(32)19-15-12-9-6-3)39(20-16-21-51-50)35-24-36(26-41(55)47(61)44(58)29-52)40(28-43(57)49(63)46(60)31-54)37(25-35)27-42(56)48(62)45(59)30-53;2*1-2-8-6-4-3-5-7-8;/h16,20,22-25,41-49,52-63H,4-15,17-19,26-31H2,1-3H3;2*3-7H,1-2H2;/q;2*-1;+2. The number of unbranched alkanes of at least 4 members (excludes halogenated alkanes) is 9. The summed E-state index contributed by atoms with van der Waals surface area (Å²) < 4.78 is 0. The second-order valence-corrected chi connectivity index (χ2v) is 20.5. The van der Waals surface area contributed by atoms with E-state index in [-0.39, 0.29) is 33.2 Å². The van der Waals surface area contributed by atoms with Crippen molar-refractivity contribution < 1.29 is 82.6 Å². The van der Waals surface area contributed by atoms with Gasteiger partial charge in [0.2, 0.25) is 0 Å². The molecule has 0 saturated heterocycles. The van der Waals surface area contributed by atoms with Crippen molar-refractivity contribution in [1.29, 1.82) is 0 Å². The van der Waals surface area contributed by atoms with Gasteiger partial charge < -0.3 is 80.7 Å². The van der Waals surface area contributed by atoms with E-state index in [9.17, 15) is 66.8 Å². The minimum atomic E-state index is -1.85. The molecule has 0 fully saturated rings. The predicted octanol–water partition coefficient (Wildman–Crippen LogP) is 6.92. The first-order chi connectivity index (χ1) is 38.1. The predicted molar refractivity (Wildman–Crippen MR) is 314 cm³/mol. The molecule has 9 atom stereocenters. The average Bonchev–Trinajstić information content (AvgIpc) is 3.59. The van der Waals surface area contributed by atoms with Gasteiger partial charge in [-0.3, -0.25) is 0 Å². The molecule has 14 nitrogen and oxygen atoms in total. The normalized spacial score (nSPS) is 14.7. The van der Waals surface area contributed by atoms with Crippen molar-refractivity contribution in [2.24, 2.45) is 0 Å². The summed E-state index contributed by atoms with van der Waals surface area (Å²) in [5.74, 6) is 2.45. The zero-order chi connectivity index (χ0) is 58.5. The van der Waals surface area contributed by atoms with E-state index in [1.807, 2.05) is 36.4 Å². The molecule has 15 heteroatoms. The van der Waals surface area contributed by atoms with Crippen LogP contribution >= 0.6 is 0 Å². The maximum absolute atomic E-state index is 11.3. The summed E-state index contributed by atoms with van der Waals surface area (Å²) in [5, 5.41) is 125. The molecular weight excluding hydrogens is 1060 g/mol. The number of nitrogens with zero attached hydrogens (tertiary/aromatic N) is 2. The van der Waals surface area contributed by atoms with Gasteiger partial charge in [-0.2, -0.15) is 12.8 Å². The second kappa shape index (κ2) is 43.5. The second-order valence-electron chi connectivity index (χ2n) is 20.5. The van der Waals surface area contributed by atoms with E-state index in [0.717, 1.165) is 115 Å².